The van der Waals surface area contributed by atoms with Crippen molar-refractivity contribution < 1.29 is 9.63 Å². The lowest BCUT2D eigenvalue weighted by Crippen LogP contribution is -2.28. The fraction of sp³-hybridized carbons (Fsp3) is 0.0667. The molecule has 1 aliphatic rings. The first-order valence-electron chi connectivity index (χ1n) is 6.33. The van der Waals surface area contributed by atoms with Gasteiger partial charge in [0.2, 0.25) is 0 Å². The van der Waals surface area contributed by atoms with Crippen LogP contribution in [0.3, 0.4) is 0 Å². The summed E-state index contributed by atoms with van der Waals surface area (Å²) >= 11 is 2.21. The van der Waals surface area contributed by atoms with Crippen LogP contribution in [0.4, 0.5) is 5.69 Å². The second kappa shape index (κ2) is 6.23. The maximum absolute atomic E-state index is 12.1. The van der Waals surface area contributed by atoms with Crippen molar-refractivity contribution in [3.63, 3.8) is 0 Å². The van der Waals surface area contributed by atoms with Crippen molar-refractivity contribution in [2.75, 3.05) is 5.32 Å². The molecule has 5 nitrogen and oxygen atoms in total. The van der Waals surface area contributed by atoms with Crippen molar-refractivity contribution in [1.82, 2.24) is 10.5 Å². The molecule has 1 atom stereocenters. The smallest absolute Gasteiger partial charge is 0.260 e. The van der Waals surface area contributed by atoms with Gasteiger partial charge in [-0.2, -0.15) is 0 Å². The molecule has 1 amide bonds. The van der Waals surface area contributed by atoms with Crippen molar-refractivity contribution in [3.8, 4) is 0 Å². The number of carbonyl (C=O) groups excluding carboxylic acids is 1. The highest BCUT2D eigenvalue weighted by atomic mass is 127. The first kappa shape index (κ1) is 14.0. The third-order valence-corrected chi connectivity index (χ3v) is 3.68. The second-order valence-corrected chi connectivity index (χ2v) is 5.70. The first-order valence-corrected chi connectivity index (χ1v) is 7.40. The van der Waals surface area contributed by atoms with E-state index in [1.807, 2.05) is 36.4 Å². The Morgan fingerprint density at radius 1 is 1.29 bits per heavy atom. The van der Waals surface area contributed by atoms with E-state index >= 15 is 0 Å². The predicted octanol–water partition coefficient (Wildman–Crippen LogP) is 2.57. The normalized spacial score (nSPS) is 17.0. The van der Waals surface area contributed by atoms with E-state index in [2.05, 4.69) is 38.4 Å². The number of hydroxylamine groups is 1. The first-order chi connectivity index (χ1) is 10.2. The zero-order chi connectivity index (χ0) is 14.7. The maximum atomic E-state index is 12.1. The number of nitrogens with one attached hydrogen (secondary N) is 2. The van der Waals surface area contributed by atoms with E-state index in [-0.39, 0.29) is 5.91 Å². The molecule has 106 valence electrons. The zero-order valence-electron chi connectivity index (χ0n) is 10.9. The Balaban J connectivity index is 1.69. The summed E-state index contributed by atoms with van der Waals surface area (Å²) in [6.07, 6.45) is 4.47. The van der Waals surface area contributed by atoms with Crippen LogP contribution in [0.25, 0.3) is 5.70 Å². The molecule has 0 bridgehead atoms. The average Bonchev–Trinajstić information content (AvgIpc) is 3.00. The average molecular weight is 393 g/mol. The third-order valence-electron chi connectivity index (χ3n) is 2.96. The number of pyridine rings is 1. The van der Waals surface area contributed by atoms with Gasteiger partial charge in [-0.05, 0) is 65.1 Å². The largest absolute Gasteiger partial charge is 0.323 e. The summed E-state index contributed by atoms with van der Waals surface area (Å²) in [5, 5.41) is 2.82. The minimum atomic E-state index is -0.667. The maximum Gasteiger partial charge on any atom is 0.260 e. The Bertz CT molecular complexity index is 671. The van der Waals surface area contributed by atoms with Gasteiger partial charge in [0.05, 0.1) is 5.70 Å². The van der Waals surface area contributed by atoms with Crippen LogP contribution in [0.2, 0.25) is 0 Å². The van der Waals surface area contributed by atoms with E-state index in [9.17, 15) is 4.79 Å². The minimum Gasteiger partial charge on any atom is -0.323 e. The molecule has 0 radical (unpaired) electrons. The van der Waals surface area contributed by atoms with E-state index in [4.69, 9.17) is 4.84 Å². The molecule has 0 aliphatic carbocycles. The molecular formula is C15H12IN3O2. The van der Waals surface area contributed by atoms with Crippen molar-refractivity contribution in [2.24, 2.45) is 0 Å². The minimum absolute atomic E-state index is 0.220. The summed E-state index contributed by atoms with van der Waals surface area (Å²) in [4.78, 5) is 21.5. The van der Waals surface area contributed by atoms with Crippen LogP contribution in [0.15, 0.2) is 54.9 Å². The van der Waals surface area contributed by atoms with Gasteiger partial charge < -0.3 is 5.32 Å². The van der Waals surface area contributed by atoms with Crippen LogP contribution in [0.1, 0.15) is 5.56 Å². The number of hydrogen-bond acceptors (Lipinski definition) is 4. The van der Waals surface area contributed by atoms with Crippen LogP contribution >= 0.6 is 22.6 Å². The number of halogens is 1. The van der Waals surface area contributed by atoms with E-state index in [1.165, 1.54) is 0 Å². The van der Waals surface area contributed by atoms with Gasteiger partial charge in [0.1, 0.15) is 0 Å². The third kappa shape index (κ3) is 3.40. The summed E-state index contributed by atoms with van der Waals surface area (Å²) < 4.78 is 1.11. The van der Waals surface area contributed by atoms with Crippen molar-refractivity contribution in [2.45, 2.75) is 6.10 Å². The van der Waals surface area contributed by atoms with Crippen LogP contribution in [-0.2, 0) is 9.63 Å². The van der Waals surface area contributed by atoms with Gasteiger partial charge in [-0.3, -0.25) is 20.1 Å². The molecule has 1 aliphatic heterocycles. The number of carbonyl (C=O) groups is 1. The molecule has 0 saturated carbocycles. The molecule has 2 aromatic rings. The van der Waals surface area contributed by atoms with Crippen molar-refractivity contribution >= 4 is 39.9 Å². The van der Waals surface area contributed by atoms with Gasteiger partial charge in [-0.15, -0.1) is 0 Å². The highest BCUT2D eigenvalue weighted by Crippen LogP contribution is 2.19. The van der Waals surface area contributed by atoms with Crippen LogP contribution in [0, 0.1) is 3.57 Å². The van der Waals surface area contributed by atoms with E-state index in [0.29, 0.717) is 0 Å². The number of nitrogens with zero attached hydrogens (tertiary/aromatic N) is 1. The predicted molar refractivity (Wildman–Crippen MR) is 88.0 cm³/mol. The summed E-state index contributed by atoms with van der Waals surface area (Å²) in [7, 11) is 0. The number of benzene rings is 1. The van der Waals surface area contributed by atoms with Gasteiger partial charge in [0, 0.05) is 27.2 Å². The number of hydrogen-bond donors (Lipinski definition) is 2. The summed E-state index contributed by atoms with van der Waals surface area (Å²) in [5.41, 5.74) is 5.12. The fourth-order valence-electron chi connectivity index (χ4n) is 1.90. The standard InChI is InChI=1S/C15H12IN3O2/c16-11-3-5-12(6-4-11)18-15(20)14-8-13(19-21-14)10-2-1-7-17-9-10/h1-9,14,19H,(H,18,20). The molecule has 2 N–H and O–H groups in total. The van der Waals surface area contributed by atoms with Crippen LogP contribution in [0.5, 0.6) is 0 Å². The second-order valence-electron chi connectivity index (χ2n) is 4.46. The van der Waals surface area contributed by atoms with Crippen molar-refractivity contribution in [3.05, 3.63) is 64.0 Å². The monoisotopic (exact) mass is 393 g/mol. The molecule has 0 fully saturated rings. The number of rotatable bonds is 3. The molecule has 21 heavy (non-hydrogen) atoms. The molecular weight excluding hydrogens is 381 g/mol. The summed E-state index contributed by atoms with van der Waals surface area (Å²) in [6, 6.07) is 11.3. The van der Waals surface area contributed by atoms with E-state index < -0.39 is 6.10 Å². The number of amides is 1. The van der Waals surface area contributed by atoms with Gasteiger partial charge in [-0.1, -0.05) is 0 Å². The fourth-order valence-corrected chi connectivity index (χ4v) is 2.26. The van der Waals surface area contributed by atoms with E-state index in [1.54, 1.807) is 18.5 Å². The highest BCUT2D eigenvalue weighted by molar-refractivity contribution is 14.1. The zero-order valence-corrected chi connectivity index (χ0v) is 13.1. The topological polar surface area (TPSA) is 63.2 Å². The lowest BCUT2D eigenvalue weighted by atomic mass is 10.2. The molecule has 1 aromatic carbocycles. The quantitative estimate of drug-likeness (QED) is 0.788. The lowest BCUT2D eigenvalue weighted by Gasteiger charge is -2.08. The Labute approximate surface area is 135 Å². The SMILES string of the molecule is O=C(Nc1ccc(I)cc1)C1C=C(c2cccnc2)NO1. The molecule has 0 saturated heterocycles. The van der Waals surface area contributed by atoms with Crippen LogP contribution in [-0.4, -0.2) is 17.0 Å². The van der Waals surface area contributed by atoms with Crippen LogP contribution < -0.4 is 10.8 Å². The highest BCUT2D eigenvalue weighted by Gasteiger charge is 2.24. The summed E-state index contributed by atoms with van der Waals surface area (Å²) in [5.74, 6) is -0.220. The van der Waals surface area contributed by atoms with Gasteiger partial charge in [-0.25, -0.2) is 0 Å². The molecule has 6 heteroatoms. The number of aromatic nitrogens is 1. The summed E-state index contributed by atoms with van der Waals surface area (Å²) in [6.45, 7) is 0. The number of anilines is 1. The van der Waals surface area contributed by atoms with E-state index in [0.717, 1.165) is 20.5 Å². The molecule has 0 spiro atoms. The Morgan fingerprint density at radius 3 is 2.81 bits per heavy atom. The molecule has 1 unspecified atom stereocenters. The molecule has 2 heterocycles. The molecule has 1 aromatic heterocycles. The Kier molecular flexibility index (Phi) is 4.16. The van der Waals surface area contributed by atoms with Gasteiger partial charge >= 0.3 is 0 Å². The van der Waals surface area contributed by atoms with Gasteiger partial charge in [0.25, 0.3) is 5.91 Å². The van der Waals surface area contributed by atoms with Crippen molar-refractivity contribution in [1.29, 1.82) is 0 Å². The lowest BCUT2D eigenvalue weighted by molar-refractivity contribution is -0.125. The molecule has 3 rings (SSSR count). The van der Waals surface area contributed by atoms with Gasteiger partial charge in [0.15, 0.2) is 6.10 Å². The Hall–Kier alpha value is -1.93. The Morgan fingerprint density at radius 2 is 2.10 bits per heavy atom.